The van der Waals surface area contributed by atoms with Crippen LogP contribution in [-0.2, 0) is 6.54 Å². The third-order valence-electron chi connectivity index (χ3n) is 2.73. The fourth-order valence-corrected chi connectivity index (χ4v) is 2.82. The van der Waals surface area contributed by atoms with E-state index in [1.807, 2.05) is 6.07 Å². The molecule has 1 aromatic heterocycles. The van der Waals surface area contributed by atoms with Crippen LogP contribution in [0.3, 0.4) is 0 Å². The molecule has 6 nitrogen and oxygen atoms in total. The van der Waals surface area contributed by atoms with Crippen molar-refractivity contribution in [3.8, 4) is 5.75 Å². The molecule has 1 aromatic carbocycles. The molecule has 0 amide bonds. The van der Waals surface area contributed by atoms with Crippen molar-refractivity contribution in [2.75, 3.05) is 12.4 Å². The third kappa shape index (κ3) is 3.92. The van der Waals surface area contributed by atoms with Gasteiger partial charge < -0.3 is 10.1 Å². The second-order valence-corrected chi connectivity index (χ2v) is 5.85. The molecule has 1 heterocycles. The predicted molar refractivity (Wildman–Crippen MR) is 86.6 cm³/mol. The van der Waals surface area contributed by atoms with Gasteiger partial charge in [-0.2, -0.15) is 0 Å². The molecule has 0 saturated heterocycles. The summed E-state index contributed by atoms with van der Waals surface area (Å²) in [5.41, 5.74) is 1.13. The van der Waals surface area contributed by atoms with Gasteiger partial charge in [0.2, 0.25) is 0 Å². The zero-order valence-corrected chi connectivity index (χ0v) is 14.1. The Balaban J connectivity index is 2.21. The second kappa shape index (κ2) is 6.86. The summed E-state index contributed by atoms with van der Waals surface area (Å²) in [6.07, 6.45) is 1.67. The van der Waals surface area contributed by atoms with Crippen molar-refractivity contribution >= 4 is 43.2 Å². The fourth-order valence-electron chi connectivity index (χ4n) is 1.69. The molecule has 2 aromatic rings. The van der Waals surface area contributed by atoms with Crippen molar-refractivity contribution in [3.63, 3.8) is 0 Å². The number of nitrogens with one attached hydrogen (secondary N) is 1. The molecule has 2 rings (SSSR count). The number of nitro benzene ring substituents is 1. The maximum Gasteiger partial charge on any atom is 0.296 e. The number of pyridine rings is 1. The Bertz CT molecular complexity index is 680. The predicted octanol–water partition coefficient (Wildman–Crippen LogP) is 4.14. The van der Waals surface area contributed by atoms with E-state index in [9.17, 15) is 10.1 Å². The van der Waals surface area contributed by atoms with Crippen LogP contribution >= 0.6 is 31.9 Å². The first-order valence-corrected chi connectivity index (χ1v) is 7.46. The first-order chi connectivity index (χ1) is 10.0. The van der Waals surface area contributed by atoms with Crippen molar-refractivity contribution in [2.45, 2.75) is 6.54 Å². The minimum atomic E-state index is -0.449. The molecule has 0 aliphatic rings. The Hall–Kier alpha value is -1.67. The molecule has 21 heavy (non-hydrogen) atoms. The summed E-state index contributed by atoms with van der Waals surface area (Å²) in [5, 5.41) is 14.1. The van der Waals surface area contributed by atoms with Crippen LogP contribution in [-0.4, -0.2) is 17.0 Å². The first-order valence-electron chi connectivity index (χ1n) is 5.87. The topological polar surface area (TPSA) is 77.3 Å². The van der Waals surface area contributed by atoms with Gasteiger partial charge in [-0.15, -0.1) is 0 Å². The van der Waals surface area contributed by atoms with Gasteiger partial charge in [-0.25, -0.2) is 0 Å². The van der Waals surface area contributed by atoms with E-state index in [-0.39, 0.29) is 5.69 Å². The molecule has 0 spiro atoms. The number of hydrogen-bond acceptors (Lipinski definition) is 5. The number of halogens is 2. The lowest BCUT2D eigenvalue weighted by Crippen LogP contribution is -2.05. The molecule has 0 atom stereocenters. The average Bonchev–Trinajstić information content (AvgIpc) is 2.46. The lowest BCUT2D eigenvalue weighted by molar-refractivity contribution is -0.384. The number of rotatable bonds is 5. The van der Waals surface area contributed by atoms with E-state index in [2.05, 4.69) is 42.2 Å². The van der Waals surface area contributed by atoms with Crippen molar-refractivity contribution in [1.29, 1.82) is 0 Å². The minimum Gasteiger partial charge on any atom is -0.496 e. The van der Waals surface area contributed by atoms with Gasteiger partial charge in [0.05, 0.1) is 30.3 Å². The van der Waals surface area contributed by atoms with Crippen LogP contribution in [0.5, 0.6) is 5.75 Å². The van der Waals surface area contributed by atoms with Gasteiger partial charge in [0.25, 0.3) is 5.69 Å². The highest BCUT2D eigenvalue weighted by molar-refractivity contribution is 9.11. The molecular weight excluding hydrogens is 406 g/mol. The third-order valence-corrected chi connectivity index (χ3v) is 3.85. The van der Waals surface area contributed by atoms with Gasteiger partial charge in [0, 0.05) is 15.1 Å². The quantitative estimate of drug-likeness (QED) is 0.585. The largest absolute Gasteiger partial charge is 0.496 e. The summed E-state index contributed by atoms with van der Waals surface area (Å²) in [7, 11) is 1.47. The van der Waals surface area contributed by atoms with Crippen LogP contribution in [0.1, 0.15) is 5.69 Å². The van der Waals surface area contributed by atoms with E-state index >= 15 is 0 Å². The second-order valence-electron chi connectivity index (χ2n) is 4.08. The van der Waals surface area contributed by atoms with E-state index < -0.39 is 4.92 Å². The van der Waals surface area contributed by atoms with Gasteiger partial charge in [0.1, 0.15) is 11.4 Å². The summed E-state index contributed by atoms with van der Waals surface area (Å²) in [4.78, 5) is 14.9. The van der Waals surface area contributed by atoms with Crippen LogP contribution in [0.2, 0.25) is 0 Å². The van der Waals surface area contributed by atoms with Gasteiger partial charge in [-0.1, -0.05) is 0 Å². The molecule has 8 heteroatoms. The summed E-state index contributed by atoms with van der Waals surface area (Å²) >= 11 is 6.73. The monoisotopic (exact) mass is 415 g/mol. The molecule has 0 aliphatic carbocycles. The highest BCUT2D eigenvalue weighted by atomic mass is 79.9. The molecule has 110 valence electrons. The van der Waals surface area contributed by atoms with Crippen LogP contribution in [0.4, 0.5) is 11.4 Å². The number of anilines is 1. The number of hydrogen-bond donors (Lipinski definition) is 1. The maximum atomic E-state index is 11.1. The molecule has 0 saturated carbocycles. The molecule has 1 N–H and O–H groups in total. The van der Waals surface area contributed by atoms with Gasteiger partial charge >= 0.3 is 0 Å². The van der Waals surface area contributed by atoms with Gasteiger partial charge in [0.15, 0.2) is 0 Å². The number of nitro groups is 1. The summed E-state index contributed by atoms with van der Waals surface area (Å²) in [5.74, 6) is 0.440. The van der Waals surface area contributed by atoms with E-state index in [1.54, 1.807) is 18.3 Å². The van der Waals surface area contributed by atoms with Crippen molar-refractivity contribution in [1.82, 2.24) is 4.98 Å². The fraction of sp³-hybridized carbons (Fsp3) is 0.154. The van der Waals surface area contributed by atoms with Gasteiger partial charge in [-0.05, 0) is 50.1 Å². The van der Waals surface area contributed by atoms with Gasteiger partial charge in [-0.3, -0.25) is 15.1 Å². The Morgan fingerprint density at radius 1 is 1.38 bits per heavy atom. The maximum absolute atomic E-state index is 11.1. The zero-order valence-electron chi connectivity index (χ0n) is 11.0. The minimum absolute atomic E-state index is 0.0393. The van der Waals surface area contributed by atoms with E-state index in [1.165, 1.54) is 13.2 Å². The molecule has 0 unspecified atom stereocenters. The average molecular weight is 417 g/mol. The number of nitrogens with zero attached hydrogens (tertiary/aromatic N) is 2. The number of aromatic nitrogens is 1. The lowest BCUT2D eigenvalue weighted by Gasteiger charge is -2.09. The summed E-state index contributed by atoms with van der Waals surface area (Å²) in [6, 6.07) is 6.53. The summed E-state index contributed by atoms with van der Waals surface area (Å²) in [6.45, 7) is 0.362. The zero-order chi connectivity index (χ0) is 15.4. The Kier molecular flexibility index (Phi) is 5.13. The van der Waals surface area contributed by atoms with Crippen LogP contribution in [0, 0.1) is 10.1 Å². The summed E-state index contributed by atoms with van der Waals surface area (Å²) < 4.78 is 6.67. The van der Waals surface area contributed by atoms with Crippen molar-refractivity contribution < 1.29 is 9.66 Å². The Morgan fingerprint density at radius 3 is 2.76 bits per heavy atom. The standard InChI is InChI=1S/C13H11Br2N3O3/c1-21-9-2-3-11(13(5-9)18(19)20)17-7-12-10(15)4-8(14)6-16-12/h2-6,17H,7H2,1H3. The molecule has 0 bridgehead atoms. The van der Waals surface area contributed by atoms with E-state index in [4.69, 9.17) is 4.74 Å². The van der Waals surface area contributed by atoms with Crippen LogP contribution in [0.15, 0.2) is 39.4 Å². The van der Waals surface area contributed by atoms with Crippen molar-refractivity contribution in [2.24, 2.45) is 0 Å². The SMILES string of the molecule is COc1ccc(NCc2ncc(Br)cc2Br)c([N+](=O)[O-])c1. The first kappa shape index (κ1) is 15.7. The lowest BCUT2D eigenvalue weighted by atomic mass is 10.2. The molecule has 0 fully saturated rings. The highest BCUT2D eigenvalue weighted by Gasteiger charge is 2.15. The Labute approximate surface area is 137 Å². The van der Waals surface area contributed by atoms with Crippen molar-refractivity contribution in [3.05, 3.63) is 55.2 Å². The normalized spacial score (nSPS) is 10.2. The smallest absolute Gasteiger partial charge is 0.296 e. The highest BCUT2D eigenvalue weighted by Crippen LogP contribution is 2.29. The van der Waals surface area contributed by atoms with E-state index in [0.717, 1.165) is 14.6 Å². The number of ether oxygens (including phenoxy) is 1. The number of methoxy groups -OCH3 is 1. The molecule has 0 aliphatic heterocycles. The van der Waals surface area contributed by atoms with Crippen LogP contribution < -0.4 is 10.1 Å². The van der Waals surface area contributed by atoms with E-state index in [0.29, 0.717) is 18.0 Å². The molecular formula is C13H11Br2N3O3. The molecule has 0 radical (unpaired) electrons. The van der Waals surface area contributed by atoms with Crippen LogP contribution in [0.25, 0.3) is 0 Å². The Morgan fingerprint density at radius 2 is 2.14 bits per heavy atom. The number of benzene rings is 1.